The molecular formula is C21H31N3O5S. The van der Waals surface area contributed by atoms with E-state index in [-0.39, 0.29) is 18.8 Å². The molecule has 0 heterocycles. The summed E-state index contributed by atoms with van der Waals surface area (Å²) in [4.78, 5) is 49.9. The van der Waals surface area contributed by atoms with Gasteiger partial charge in [0.2, 0.25) is 18.2 Å². The van der Waals surface area contributed by atoms with Gasteiger partial charge in [0.15, 0.2) is 0 Å². The van der Waals surface area contributed by atoms with E-state index in [1.165, 1.54) is 11.8 Å². The predicted octanol–water partition coefficient (Wildman–Crippen LogP) is 1.28. The van der Waals surface area contributed by atoms with Crippen molar-refractivity contribution in [3.05, 3.63) is 35.9 Å². The molecule has 4 N–H and O–H groups in total. The van der Waals surface area contributed by atoms with Crippen molar-refractivity contribution in [1.29, 1.82) is 0 Å². The molecule has 8 nitrogen and oxygen atoms in total. The molecule has 0 bridgehead atoms. The van der Waals surface area contributed by atoms with Gasteiger partial charge in [0.25, 0.3) is 0 Å². The SMILES string of the molecule is CSCC[C@H](N)C(=O)N(C=O)[C@@H](CC(C)C)C(=O)N[C@@H](Cc1ccccc1)C(=O)O. The number of thioether (sulfide) groups is 1. The summed E-state index contributed by atoms with van der Waals surface area (Å²) in [5.41, 5.74) is 6.65. The summed E-state index contributed by atoms with van der Waals surface area (Å²) in [5, 5.41) is 12.0. The molecule has 0 saturated carbocycles. The summed E-state index contributed by atoms with van der Waals surface area (Å²) in [5.74, 6) is -1.91. The van der Waals surface area contributed by atoms with Crippen molar-refractivity contribution in [3.63, 3.8) is 0 Å². The third-order valence-electron chi connectivity index (χ3n) is 4.55. The third-order valence-corrected chi connectivity index (χ3v) is 5.19. The fourth-order valence-corrected chi connectivity index (χ4v) is 3.44. The van der Waals surface area contributed by atoms with Crippen LogP contribution < -0.4 is 11.1 Å². The number of hydrogen-bond donors (Lipinski definition) is 3. The van der Waals surface area contributed by atoms with Gasteiger partial charge in [-0.25, -0.2) is 4.79 Å². The second-order valence-corrected chi connectivity index (χ2v) is 8.46. The minimum absolute atomic E-state index is 0.0178. The molecule has 0 fully saturated rings. The van der Waals surface area contributed by atoms with Crippen LogP contribution in [0.5, 0.6) is 0 Å². The number of carboxylic acid groups (broad SMARTS) is 1. The molecule has 0 aliphatic carbocycles. The Kier molecular flexibility index (Phi) is 11.1. The number of nitrogens with two attached hydrogens (primary N) is 1. The maximum Gasteiger partial charge on any atom is 0.326 e. The lowest BCUT2D eigenvalue weighted by molar-refractivity contribution is -0.149. The molecule has 166 valence electrons. The van der Waals surface area contributed by atoms with Crippen LogP contribution in [0, 0.1) is 5.92 Å². The quantitative estimate of drug-likeness (QED) is 0.396. The highest BCUT2D eigenvalue weighted by Crippen LogP contribution is 2.14. The van der Waals surface area contributed by atoms with E-state index in [1.54, 1.807) is 24.3 Å². The predicted molar refractivity (Wildman–Crippen MR) is 117 cm³/mol. The van der Waals surface area contributed by atoms with Gasteiger partial charge < -0.3 is 16.2 Å². The number of rotatable bonds is 13. The Morgan fingerprint density at radius 3 is 2.37 bits per heavy atom. The van der Waals surface area contributed by atoms with E-state index in [1.807, 2.05) is 26.2 Å². The minimum Gasteiger partial charge on any atom is -0.480 e. The number of benzene rings is 1. The zero-order valence-electron chi connectivity index (χ0n) is 17.6. The van der Waals surface area contributed by atoms with E-state index in [4.69, 9.17) is 5.73 Å². The van der Waals surface area contributed by atoms with Crippen molar-refractivity contribution in [2.24, 2.45) is 11.7 Å². The molecule has 0 aliphatic heterocycles. The van der Waals surface area contributed by atoms with Gasteiger partial charge in [-0.3, -0.25) is 19.3 Å². The highest BCUT2D eigenvalue weighted by atomic mass is 32.2. The zero-order chi connectivity index (χ0) is 22.7. The van der Waals surface area contributed by atoms with Crippen LogP contribution in [0.4, 0.5) is 0 Å². The Labute approximate surface area is 181 Å². The van der Waals surface area contributed by atoms with Gasteiger partial charge in [-0.15, -0.1) is 0 Å². The van der Waals surface area contributed by atoms with Crippen LogP contribution in [0.2, 0.25) is 0 Å². The number of amides is 3. The van der Waals surface area contributed by atoms with Gasteiger partial charge in [0.1, 0.15) is 12.1 Å². The molecule has 0 aromatic heterocycles. The highest BCUT2D eigenvalue weighted by Gasteiger charge is 2.34. The fourth-order valence-electron chi connectivity index (χ4n) is 2.95. The number of nitrogens with zero attached hydrogens (tertiary/aromatic N) is 1. The van der Waals surface area contributed by atoms with Crippen molar-refractivity contribution in [2.75, 3.05) is 12.0 Å². The van der Waals surface area contributed by atoms with Crippen LogP contribution in [0.15, 0.2) is 30.3 Å². The minimum atomic E-state index is -1.20. The van der Waals surface area contributed by atoms with E-state index >= 15 is 0 Å². The van der Waals surface area contributed by atoms with E-state index in [0.717, 1.165) is 10.5 Å². The van der Waals surface area contributed by atoms with Gasteiger partial charge in [-0.1, -0.05) is 44.2 Å². The van der Waals surface area contributed by atoms with Crippen LogP contribution in [-0.4, -0.2) is 64.3 Å². The lowest BCUT2D eigenvalue weighted by atomic mass is 9.99. The maximum atomic E-state index is 13.0. The number of aliphatic carboxylic acids is 1. The molecule has 0 spiro atoms. The first-order valence-corrected chi connectivity index (χ1v) is 11.2. The molecule has 0 unspecified atom stereocenters. The molecule has 0 aliphatic rings. The number of imide groups is 1. The second kappa shape index (κ2) is 13.0. The highest BCUT2D eigenvalue weighted by molar-refractivity contribution is 7.98. The normalized spacial score (nSPS) is 13.9. The van der Waals surface area contributed by atoms with Crippen molar-refractivity contribution in [1.82, 2.24) is 10.2 Å². The Bertz CT molecular complexity index is 714. The zero-order valence-corrected chi connectivity index (χ0v) is 18.4. The second-order valence-electron chi connectivity index (χ2n) is 7.47. The van der Waals surface area contributed by atoms with Gasteiger partial charge in [0.05, 0.1) is 6.04 Å². The average Bonchev–Trinajstić information content (AvgIpc) is 2.71. The lowest BCUT2D eigenvalue weighted by Crippen LogP contribution is -2.56. The Balaban J connectivity index is 3.03. The van der Waals surface area contributed by atoms with Crippen molar-refractivity contribution >= 4 is 36.0 Å². The van der Waals surface area contributed by atoms with Crippen LogP contribution in [0.25, 0.3) is 0 Å². The number of hydrogen-bond acceptors (Lipinski definition) is 6. The van der Waals surface area contributed by atoms with E-state index in [9.17, 15) is 24.3 Å². The fraction of sp³-hybridized carbons (Fsp3) is 0.524. The van der Waals surface area contributed by atoms with E-state index in [0.29, 0.717) is 18.6 Å². The summed E-state index contributed by atoms with van der Waals surface area (Å²) < 4.78 is 0. The van der Waals surface area contributed by atoms with E-state index < -0.39 is 35.9 Å². The first kappa shape index (κ1) is 25.6. The van der Waals surface area contributed by atoms with Gasteiger partial charge in [0, 0.05) is 6.42 Å². The van der Waals surface area contributed by atoms with Crippen molar-refractivity contribution in [2.45, 2.75) is 51.2 Å². The summed E-state index contributed by atoms with van der Waals surface area (Å²) in [6.45, 7) is 3.69. The molecule has 9 heteroatoms. The maximum absolute atomic E-state index is 13.0. The molecule has 3 amide bonds. The van der Waals surface area contributed by atoms with Gasteiger partial charge in [-0.2, -0.15) is 11.8 Å². The monoisotopic (exact) mass is 437 g/mol. The first-order valence-electron chi connectivity index (χ1n) is 9.80. The molecular weight excluding hydrogens is 406 g/mol. The van der Waals surface area contributed by atoms with Gasteiger partial charge in [-0.05, 0) is 36.3 Å². The molecule has 3 atom stereocenters. The molecule has 1 aromatic carbocycles. The molecule has 1 aromatic rings. The summed E-state index contributed by atoms with van der Waals surface area (Å²) in [7, 11) is 0. The van der Waals surface area contributed by atoms with Crippen LogP contribution in [0.1, 0.15) is 32.3 Å². The van der Waals surface area contributed by atoms with E-state index in [2.05, 4.69) is 5.32 Å². The molecule has 0 saturated heterocycles. The smallest absolute Gasteiger partial charge is 0.326 e. The van der Waals surface area contributed by atoms with Crippen molar-refractivity contribution in [3.8, 4) is 0 Å². The Morgan fingerprint density at radius 1 is 1.23 bits per heavy atom. The standard InChI is InChI=1S/C21H31N3O5S/c1-14(2)11-18(24(13-25)20(27)16(22)9-10-30-3)19(26)23-17(21(28)29)12-15-7-5-4-6-8-15/h4-8,13-14,16-18H,9-12,22H2,1-3H3,(H,23,26)(H,28,29)/t16-,17-,18-/m0/s1. The average molecular weight is 438 g/mol. The lowest BCUT2D eigenvalue weighted by Gasteiger charge is -2.30. The summed E-state index contributed by atoms with van der Waals surface area (Å²) in [6, 6.07) is 5.66. The molecule has 1 rings (SSSR count). The molecule has 0 radical (unpaired) electrons. The largest absolute Gasteiger partial charge is 0.480 e. The summed E-state index contributed by atoms with van der Waals surface area (Å²) in [6.07, 6.45) is 2.83. The molecule has 30 heavy (non-hydrogen) atoms. The Hall–Kier alpha value is -2.39. The third kappa shape index (κ3) is 8.16. The van der Waals surface area contributed by atoms with Gasteiger partial charge >= 0.3 is 5.97 Å². The number of carboxylic acids is 1. The first-order chi connectivity index (χ1) is 14.2. The van der Waals surface area contributed by atoms with Crippen LogP contribution in [-0.2, 0) is 25.6 Å². The van der Waals surface area contributed by atoms with Crippen molar-refractivity contribution < 1.29 is 24.3 Å². The number of nitrogens with one attached hydrogen (secondary N) is 1. The van der Waals surface area contributed by atoms with Crippen LogP contribution >= 0.6 is 11.8 Å². The topological polar surface area (TPSA) is 130 Å². The number of carbonyl (C=O) groups is 4. The van der Waals surface area contributed by atoms with Crippen LogP contribution in [0.3, 0.4) is 0 Å². The summed E-state index contributed by atoms with van der Waals surface area (Å²) >= 11 is 1.52. The number of carbonyl (C=O) groups excluding carboxylic acids is 3. The Morgan fingerprint density at radius 2 is 1.87 bits per heavy atom.